The second kappa shape index (κ2) is 6.75. The minimum atomic E-state index is -0.370. The number of methoxy groups -OCH3 is 1. The van der Waals surface area contributed by atoms with Crippen LogP contribution in [0, 0.1) is 0 Å². The quantitative estimate of drug-likeness (QED) is 0.727. The number of nitrogens with one attached hydrogen (secondary N) is 1. The lowest BCUT2D eigenvalue weighted by atomic mass is 10.2. The number of likely N-dealkylation sites (N-methyl/N-ethyl adjacent to an activating group) is 1. The summed E-state index contributed by atoms with van der Waals surface area (Å²) in [6.45, 7) is 0.431. The van der Waals surface area contributed by atoms with Crippen molar-refractivity contribution in [3.8, 4) is 11.5 Å². The summed E-state index contributed by atoms with van der Waals surface area (Å²) in [5.41, 5.74) is 5.19. The van der Waals surface area contributed by atoms with Crippen molar-refractivity contribution in [3.63, 3.8) is 0 Å². The minimum absolute atomic E-state index is 0.353. The zero-order valence-electron chi connectivity index (χ0n) is 10.1. The highest BCUT2D eigenvalue weighted by molar-refractivity contribution is 5.79. The van der Waals surface area contributed by atoms with E-state index in [0.29, 0.717) is 13.0 Å². The van der Waals surface area contributed by atoms with Crippen molar-refractivity contribution in [2.45, 2.75) is 12.5 Å². The third kappa shape index (κ3) is 4.32. The van der Waals surface area contributed by atoms with Crippen molar-refractivity contribution < 1.29 is 14.3 Å². The molecule has 0 saturated carbocycles. The van der Waals surface area contributed by atoms with Gasteiger partial charge in [0, 0.05) is 6.42 Å². The SMILES string of the molecule is CNC(CCOc1ccc(OC)cc1)C(N)=O. The minimum Gasteiger partial charge on any atom is -0.497 e. The predicted octanol–water partition coefficient (Wildman–Crippen LogP) is 0.537. The Kier molecular flexibility index (Phi) is 5.29. The molecule has 1 rings (SSSR count). The van der Waals surface area contributed by atoms with Crippen LogP contribution in [0.3, 0.4) is 0 Å². The number of amides is 1. The molecule has 0 aliphatic rings. The van der Waals surface area contributed by atoms with E-state index in [2.05, 4.69) is 5.32 Å². The first-order chi connectivity index (χ1) is 8.17. The van der Waals surface area contributed by atoms with Gasteiger partial charge in [-0.1, -0.05) is 0 Å². The molecule has 0 fully saturated rings. The number of carbonyl (C=O) groups excluding carboxylic acids is 1. The monoisotopic (exact) mass is 238 g/mol. The van der Waals surface area contributed by atoms with Gasteiger partial charge in [0.15, 0.2) is 0 Å². The van der Waals surface area contributed by atoms with Crippen molar-refractivity contribution in [3.05, 3.63) is 24.3 Å². The summed E-state index contributed by atoms with van der Waals surface area (Å²) >= 11 is 0. The molecule has 5 nitrogen and oxygen atoms in total. The predicted molar refractivity (Wildman–Crippen MR) is 65.1 cm³/mol. The lowest BCUT2D eigenvalue weighted by Gasteiger charge is -2.12. The Balaban J connectivity index is 2.37. The van der Waals surface area contributed by atoms with Gasteiger partial charge in [0.25, 0.3) is 0 Å². The van der Waals surface area contributed by atoms with Crippen molar-refractivity contribution >= 4 is 5.91 Å². The largest absolute Gasteiger partial charge is 0.497 e. The van der Waals surface area contributed by atoms with E-state index in [1.54, 1.807) is 14.2 Å². The molecule has 94 valence electrons. The summed E-state index contributed by atoms with van der Waals surface area (Å²) in [7, 11) is 3.31. The zero-order chi connectivity index (χ0) is 12.7. The van der Waals surface area contributed by atoms with E-state index in [9.17, 15) is 4.79 Å². The molecule has 0 spiro atoms. The molecule has 0 aliphatic carbocycles. The molecule has 0 bridgehead atoms. The van der Waals surface area contributed by atoms with Gasteiger partial charge in [0.1, 0.15) is 11.5 Å². The fraction of sp³-hybridized carbons (Fsp3) is 0.417. The Labute approximate surface area is 101 Å². The van der Waals surface area contributed by atoms with Crippen LogP contribution in [-0.4, -0.2) is 32.7 Å². The van der Waals surface area contributed by atoms with E-state index in [0.717, 1.165) is 11.5 Å². The van der Waals surface area contributed by atoms with Crippen LogP contribution < -0.4 is 20.5 Å². The first kappa shape index (κ1) is 13.3. The van der Waals surface area contributed by atoms with Gasteiger partial charge in [0.2, 0.25) is 5.91 Å². The molecule has 1 aromatic carbocycles. The zero-order valence-corrected chi connectivity index (χ0v) is 10.1. The van der Waals surface area contributed by atoms with Gasteiger partial charge in [0.05, 0.1) is 19.8 Å². The van der Waals surface area contributed by atoms with Crippen LogP contribution >= 0.6 is 0 Å². The van der Waals surface area contributed by atoms with Crippen LogP contribution in [0.1, 0.15) is 6.42 Å². The molecular weight excluding hydrogens is 220 g/mol. The molecular formula is C12H18N2O3. The van der Waals surface area contributed by atoms with E-state index in [1.165, 1.54) is 0 Å². The standard InChI is InChI=1S/C12H18N2O3/c1-14-11(12(13)15)7-8-17-10-5-3-9(16-2)4-6-10/h3-6,11,14H,7-8H2,1-2H3,(H2,13,15). The third-order valence-electron chi connectivity index (χ3n) is 2.43. The molecule has 1 unspecified atom stereocenters. The maximum absolute atomic E-state index is 10.9. The first-order valence-electron chi connectivity index (χ1n) is 5.40. The summed E-state index contributed by atoms with van der Waals surface area (Å²) in [6, 6.07) is 6.92. The van der Waals surface area contributed by atoms with Crippen molar-refractivity contribution in [1.82, 2.24) is 5.32 Å². The maximum Gasteiger partial charge on any atom is 0.234 e. The number of hydrogen-bond donors (Lipinski definition) is 2. The van der Waals surface area contributed by atoms with E-state index in [4.69, 9.17) is 15.2 Å². The molecule has 0 saturated heterocycles. The van der Waals surface area contributed by atoms with Gasteiger partial charge < -0.3 is 20.5 Å². The number of hydrogen-bond acceptors (Lipinski definition) is 4. The Morgan fingerprint density at radius 3 is 2.41 bits per heavy atom. The second-order valence-electron chi connectivity index (χ2n) is 3.56. The summed E-state index contributed by atoms with van der Waals surface area (Å²) in [4.78, 5) is 10.9. The van der Waals surface area contributed by atoms with Gasteiger partial charge in [-0.25, -0.2) is 0 Å². The van der Waals surface area contributed by atoms with Crippen LogP contribution in [0.5, 0.6) is 11.5 Å². The fourth-order valence-corrected chi connectivity index (χ4v) is 1.40. The molecule has 3 N–H and O–H groups in total. The average Bonchev–Trinajstić information content (AvgIpc) is 2.35. The van der Waals surface area contributed by atoms with E-state index >= 15 is 0 Å². The summed E-state index contributed by atoms with van der Waals surface area (Å²) in [5, 5.41) is 2.83. The van der Waals surface area contributed by atoms with Crippen LogP contribution in [0.25, 0.3) is 0 Å². The Morgan fingerprint density at radius 1 is 1.35 bits per heavy atom. The number of nitrogens with two attached hydrogens (primary N) is 1. The van der Waals surface area contributed by atoms with Gasteiger partial charge in [-0.05, 0) is 31.3 Å². The Bertz CT molecular complexity index is 351. The van der Waals surface area contributed by atoms with Crippen molar-refractivity contribution in [1.29, 1.82) is 0 Å². The normalized spacial score (nSPS) is 11.9. The molecule has 17 heavy (non-hydrogen) atoms. The third-order valence-corrected chi connectivity index (χ3v) is 2.43. The van der Waals surface area contributed by atoms with Crippen LogP contribution in [0.2, 0.25) is 0 Å². The van der Waals surface area contributed by atoms with Crippen LogP contribution in [0.4, 0.5) is 0 Å². The Morgan fingerprint density at radius 2 is 1.94 bits per heavy atom. The molecule has 1 atom stereocenters. The van der Waals surface area contributed by atoms with Crippen molar-refractivity contribution in [2.24, 2.45) is 5.73 Å². The lowest BCUT2D eigenvalue weighted by molar-refractivity contribution is -0.120. The summed E-state index contributed by atoms with van der Waals surface area (Å²) in [5.74, 6) is 1.15. The highest BCUT2D eigenvalue weighted by Gasteiger charge is 2.11. The van der Waals surface area contributed by atoms with E-state index in [-0.39, 0.29) is 11.9 Å². The van der Waals surface area contributed by atoms with Crippen LogP contribution in [0.15, 0.2) is 24.3 Å². The van der Waals surface area contributed by atoms with Gasteiger partial charge in [-0.15, -0.1) is 0 Å². The van der Waals surface area contributed by atoms with Gasteiger partial charge >= 0.3 is 0 Å². The highest BCUT2D eigenvalue weighted by atomic mass is 16.5. The summed E-state index contributed by atoms with van der Waals surface area (Å²) in [6.07, 6.45) is 0.540. The number of primary amides is 1. The van der Waals surface area contributed by atoms with Gasteiger partial charge in [-0.3, -0.25) is 4.79 Å². The molecule has 0 heterocycles. The van der Waals surface area contributed by atoms with E-state index in [1.807, 2.05) is 24.3 Å². The lowest BCUT2D eigenvalue weighted by Crippen LogP contribution is -2.40. The molecule has 1 amide bonds. The van der Waals surface area contributed by atoms with Crippen LogP contribution in [-0.2, 0) is 4.79 Å². The molecule has 0 aliphatic heterocycles. The summed E-state index contributed by atoms with van der Waals surface area (Å²) < 4.78 is 10.5. The number of benzene rings is 1. The fourth-order valence-electron chi connectivity index (χ4n) is 1.40. The number of ether oxygens (including phenoxy) is 2. The smallest absolute Gasteiger partial charge is 0.234 e. The topological polar surface area (TPSA) is 73.6 Å². The second-order valence-corrected chi connectivity index (χ2v) is 3.56. The number of rotatable bonds is 7. The average molecular weight is 238 g/mol. The van der Waals surface area contributed by atoms with Crippen molar-refractivity contribution in [2.75, 3.05) is 20.8 Å². The van der Waals surface area contributed by atoms with Gasteiger partial charge in [-0.2, -0.15) is 0 Å². The highest BCUT2D eigenvalue weighted by Crippen LogP contribution is 2.17. The van der Waals surface area contributed by atoms with E-state index < -0.39 is 0 Å². The molecule has 5 heteroatoms. The first-order valence-corrected chi connectivity index (χ1v) is 5.40. The Hall–Kier alpha value is -1.75. The maximum atomic E-state index is 10.9. The number of carbonyl (C=O) groups is 1. The molecule has 1 aromatic rings. The molecule has 0 aromatic heterocycles. The molecule has 0 radical (unpaired) electrons.